The number of carbonyl (C=O) groups is 2. The van der Waals surface area contributed by atoms with E-state index in [4.69, 9.17) is 4.74 Å². The van der Waals surface area contributed by atoms with Gasteiger partial charge in [0.1, 0.15) is 5.69 Å². The number of esters is 1. The predicted octanol–water partition coefficient (Wildman–Crippen LogP) is 1.48. The number of amides is 1. The summed E-state index contributed by atoms with van der Waals surface area (Å²) < 4.78 is 4.74. The monoisotopic (exact) mass is 268 g/mol. The molecule has 1 saturated heterocycles. The summed E-state index contributed by atoms with van der Waals surface area (Å²) in [6.07, 6.45) is 1.61. The van der Waals surface area contributed by atoms with Crippen LogP contribution in [-0.4, -0.2) is 42.0 Å². The van der Waals surface area contributed by atoms with Crippen molar-refractivity contribution in [2.45, 2.75) is 19.8 Å². The summed E-state index contributed by atoms with van der Waals surface area (Å²) in [4.78, 5) is 29.6. The minimum atomic E-state index is -0.234. The summed E-state index contributed by atoms with van der Waals surface area (Å²) in [5, 5.41) is 2.64. The van der Waals surface area contributed by atoms with E-state index >= 15 is 0 Å². The lowest BCUT2D eigenvalue weighted by atomic mass is 9.98. The van der Waals surface area contributed by atoms with Gasteiger partial charge in [0.15, 0.2) is 0 Å². The third kappa shape index (κ3) is 2.69. The quantitative estimate of drug-likeness (QED) is 0.762. The number of hydrogen-bond donors (Lipinski definition) is 0. The first-order valence-electron chi connectivity index (χ1n) is 5.91. The van der Waals surface area contributed by atoms with E-state index in [2.05, 4.69) is 4.98 Å². The molecule has 5 nitrogen and oxygen atoms in total. The first-order chi connectivity index (χ1) is 8.61. The van der Waals surface area contributed by atoms with Crippen molar-refractivity contribution in [3.8, 4) is 0 Å². The molecular formula is C12H16N2O3S. The van der Waals surface area contributed by atoms with Gasteiger partial charge in [0.05, 0.1) is 18.0 Å². The van der Waals surface area contributed by atoms with Gasteiger partial charge in [-0.1, -0.05) is 0 Å². The van der Waals surface area contributed by atoms with Gasteiger partial charge >= 0.3 is 5.97 Å². The highest BCUT2D eigenvalue weighted by Crippen LogP contribution is 2.20. The van der Waals surface area contributed by atoms with Gasteiger partial charge < -0.3 is 9.64 Å². The molecule has 0 bridgehead atoms. The summed E-state index contributed by atoms with van der Waals surface area (Å²) in [6, 6.07) is 0. The average molecular weight is 268 g/mol. The first kappa shape index (κ1) is 13.0. The molecule has 98 valence electrons. The lowest BCUT2D eigenvalue weighted by Gasteiger charge is -2.30. The topological polar surface area (TPSA) is 59.5 Å². The lowest BCUT2D eigenvalue weighted by Crippen LogP contribution is -2.42. The Morgan fingerprint density at radius 3 is 2.94 bits per heavy atom. The van der Waals surface area contributed by atoms with Crippen LogP contribution in [0.5, 0.6) is 0 Å². The fourth-order valence-electron chi connectivity index (χ4n) is 2.14. The summed E-state index contributed by atoms with van der Waals surface area (Å²) in [7, 11) is 1.38. The van der Waals surface area contributed by atoms with Crippen molar-refractivity contribution in [1.82, 2.24) is 9.88 Å². The Morgan fingerprint density at radius 2 is 2.33 bits per heavy atom. The zero-order chi connectivity index (χ0) is 13.1. The molecule has 18 heavy (non-hydrogen) atoms. The van der Waals surface area contributed by atoms with Crippen LogP contribution in [0.25, 0.3) is 0 Å². The van der Waals surface area contributed by atoms with Crippen LogP contribution < -0.4 is 0 Å². The van der Waals surface area contributed by atoms with Crippen LogP contribution in [0, 0.1) is 12.8 Å². The fourth-order valence-corrected chi connectivity index (χ4v) is 2.73. The second-order valence-corrected chi connectivity index (χ2v) is 5.43. The van der Waals surface area contributed by atoms with Gasteiger partial charge in [0.2, 0.25) is 0 Å². The number of likely N-dealkylation sites (tertiary alicyclic amines) is 1. The highest BCUT2D eigenvalue weighted by atomic mass is 32.1. The number of methoxy groups -OCH3 is 1. The second kappa shape index (κ2) is 5.48. The number of thiazole rings is 1. The van der Waals surface area contributed by atoms with Crippen LogP contribution >= 0.6 is 11.3 Å². The van der Waals surface area contributed by atoms with E-state index in [1.807, 2.05) is 6.92 Å². The van der Waals surface area contributed by atoms with Gasteiger partial charge in [0, 0.05) is 18.5 Å². The van der Waals surface area contributed by atoms with Crippen molar-refractivity contribution in [3.63, 3.8) is 0 Å². The molecule has 1 fully saturated rings. The molecule has 0 aromatic carbocycles. The van der Waals surface area contributed by atoms with Crippen LogP contribution in [0.1, 0.15) is 28.3 Å². The number of nitrogens with zero attached hydrogens (tertiary/aromatic N) is 2. The zero-order valence-corrected chi connectivity index (χ0v) is 11.3. The minimum Gasteiger partial charge on any atom is -0.469 e. The smallest absolute Gasteiger partial charge is 0.310 e. The molecule has 0 radical (unpaired) electrons. The Labute approximate surface area is 110 Å². The number of piperidine rings is 1. The maximum atomic E-state index is 12.2. The van der Waals surface area contributed by atoms with E-state index in [-0.39, 0.29) is 17.8 Å². The van der Waals surface area contributed by atoms with E-state index in [0.717, 1.165) is 17.8 Å². The van der Waals surface area contributed by atoms with Crippen LogP contribution in [-0.2, 0) is 9.53 Å². The van der Waals surface area contributed by atoms with E-state index in [9.17, 15) is 9.59 Å². The third-order valence-electron chi connectivity index (χ3n) is 3.08. The van der Waals surface area contributed by atoms with Gasteiger partial charge in [-0.25, -0.2) is 4.98 Å². The molecule has 0 saturated carbocycles. The normalized spacial score (nSPS) is 19.7. The van der Waals surface area contributed by atoms with Crippen molar-refractivity contribution in [3.05, 3.63) is 16.1 Å². The molecule has 1 atom stereocenters. The van der Waals surface area contributed by atoms with Crippen LogP contribution in [0.2, 0.25) is 0 Å². The minimum absolute atomic E-state index is 0.0899. The molecule has 2 rings (SSSR count). The summed E-state index contributed by atoms with van der Waals surface area (Å²) in [6.45, 7) is 2.99. The number of carbonyl (C=O) groups excluding carboxylic acids is 2. The summed E-state index contributed by atoms with van der Waals surface area (Å²) >= 11 is 1.46. The molecular weight excluding hydrogens is 252 g/mol. The van der Waals surface area contributed by atoms with Crippen LogP contribution in [0.15, 0.2) is 5.38 Å². The Kier molecular flexibility index (Phi) is 3.96. The molecule has 1 aliphatic rings. The number of aromatic nitrogens is 1. The molecule has 0 spiro atoms. The van der Waals surface area contributed by atoms with E-state index in [1.165, 1.54) is 18.4 Å². The van der Waals surface area contributed by atoms with Crippen LogP contribution in [0.4, 0.5) is 0 Å². The number of rotatable bonds is 2. The average Bonchev–Trinajstić information content (AvgIpc) is 2.83. The van der Waals surface area contributed by atoms with Crippen molar-refractivity contribution in [1.29, 1.82) is 0 Å². The molecule has 6 heteroatoms. The van der Waals surface area contributed by atoms with Gasteiger partial charge in [-0.15, -0.1) is 11.3 Å². The standard InChI is InChI=1S/C12H16N2O3S/c1-8-13-10(7-18-8)11(15)14-5-3-4-9(6-14)12(16)17-2/h7,9H,3-6H2,1-2H3. The van der Waals surface area contributed by atoms with Gasteiger partial charge in [-0.05, 0) is 19.8 Å². The maximum Gasteiger partial charge on any atom is 0.310 e. The number of aryl methyl sites for hydroxylation is 1. The number of ether oxygens (including phenoxy) is 1. The zero-order valence-electron chi connectivity index (χ0n) is 10.5. The SMILES string of the molecule is COC(=O)C1CCCN(C(=O)c2csc(C)n2)C1. The molecule has 1 aromatic rings. The van der Waals surface area contributed by atoms with Gasteiger partial charge in [-0.3, -0.25) is 9.59 Å². The molecule has 1 unspecified atom stereocenters. The van der Waals surface area contributed by atoms with Crippen molar-refractivity contribution < 1.29 is 14.3 Å². The third-order valence-corrected chi connectivity index (χ3v) is 3.85. The highest BCUT2D eigenvalue weighted by molar-refractivity contribution is 7.09. The molecule has 0 aliphatic carbocycles. The van der Waals surface area contributed by atoms with Crippen molar-refractivity contribution >= 4 is 23.2 Å². The van der Waals surface area contributed by atoms with Crippen molar-refractivity contribution in [2.24, 2.45) is 5.92 Å². The molecule has 1 amide bonds. The Balaban J connectivity index is 2.05. The van der Waals surface area contributed by atoms with Gasteiger partial charge in [-0.2, -0.15) is 0 Å². The largest absolute Gasteiger partial charge is 0.469 e. The Hall–Kier alpha value is -1.43. The number of hydrogen-bond acceptors (Lipinski definition) is 5. The first-order valence-corrected chi connectivity index (χ1v) is 6.79. The predicted molar refractivity (Wildman–Crippen MR) is 67.5 cm³/mol. The van der Waals surface area contributed by atoms with Gasteiger partial charge in [0.25, 0.3) is 5.91 Å². The highest BCUT2D eigenvalue weighted by Gasteiger charge is 2.30. The molecule has 2 heterocycles. The van der Waals surface area contributed by atoms with Crippen molar-refractivity contribution in [2.75, 3.05) is 20.2 Å². The molecule has 0 N–H and O–H groups in total. The fraction of sp³-hybridized carbons (Fsp3) is 0.583. The Morgan fingerprint density at radius 1 is 1.56 bits per heavy atom. The second-order valence-electron chi connectivity index (χ2n) is 4.37. The Bertz CT molecular complexity index is 458. The van der Waals surface area contributed by atoms with E-state index in [1.54, 1.807) is 10.3 Å². The summed E-state index contributed by atoms with van der Waals surface area (Å²) in [5.74, 6) is -0.526. The van der Waals surface area contributed by atoms with E-state index < -0.39 is 0 Å². The molecule has 1 aromatic heterocycles. The summed E-state index contributed by atoms with van der Waals surface area (Å²) in [5.41, 5.74) is 0.475. The molecule has 1 aliphatic heterocycles. The van der Waals surface area contributed by atoms with Crippen LogP contribution in [0.3, 0.4) is 0 Å². The maximum absolute atomic E-state index is 12.2. The lowest BCUT2D eigenvalue weighted by molar-refractivity contribution is -0.146. The van der Waals surface area contributed by atoms with E-state index in [0.29, 0.717) is 18.8 Å².